The fraction of sp³-hybridized carbons (Fsp3) is 0.200. The highest BCUT2D eigenvalue weighted by atomic mass is 32.1. The van der Waals surface area contributed by atoms with Gasteiger partial charge in [-0.2, -0.15) is 9.61 Å². The van der Waals surface area contributed by atoms with Crippen molar-refractivity contribution in [2.24, 2.45) is 4.99 Å². The van der Waals surface area contributed by atoms with E-state index in [1.165, 1.54) is 6.07 Å². The number of hydrogen-bond acceptors (Lipinski definition) is 7. The molecule has 9 nitrogen and oxygen atoms in total. The highest BCUT2D eigenvalue weighted by Gasteiger charge is 2.20. The van der Waals surface area contributed by atoms with E-state index in [1.807, 2.05) is 18.4 Å². The molecule has 5 aromatic rings. The fourth-order valence-electron chi connectivity index (χ4n) is 3.98. The number of H-pyrrole nitrogens is 2. The van der Waals surface area contributed by atoms with E-state index in [2.05, 4.69) is 26.4 Å². The molecule has 182 valence electrons. The molecular weight excluding hydrogens is 481 g/mol. The maximum atomic E-state index is 14.1. The van der Waals surface area contributed by atoms with Crippen molar-refractivity contribution in [1.29, 1.82) is 0 Å². The van der Waals surface area contributed by atoms with Gasteiger partial charge in [0.05, 0.1) is 12.2 Å². The molecule has 0 aliphatic heterocycles. The van der Waals surface area contributed by atoms with Crippen LogP contribution >= 0.6 is 11.3 Å². The molecule has 1 saturated carbocycles. The topological polar surface area (TPSA) is 123 Å². The lowest BCUT2D eigenvalue weighted by molar-refractivity contribution is 0.454. The van der Waals surface area contributed by atoms with E-state index in [4.69, 9.17) is 9.98 Å². The monoisotopic (exact) mass is 503 g/mol. The second-order valence-electron chi connectivity index (χ2n) is 8.82. The number of nitrogens with zero attached hydrogens (tertiary/aromatic N) is 4. The molecule has 0 amide bonds. The number of rotatable bonds is 6. The summed E-state index contributed by atoms with van der Waals surface area (Å²) < 4.78 is 15.7. The first kappa shape index (κ1) is 22.2. The van der Waals surface area contributed by atoms with Crippen LogP contribution in [0.3, 0.4) is 0 Å². The van der Waals surface area contributed by atoms with E-state index < -0.39 is 5.69 Å². The molecule has 1 aromatic carbocycles. The third-order valence-electron chi connectivity index (χ3n) is 5.90. The fourth-order valence-corrected chi connectivity index (χ4v) is 4.93. The second kappa shape index (κ2) is 8.76. The molecule has 4 N–H and O–H groups in total. The zero-order valence-electron chi connectivity index (χ0n) is 19.2. The van der Waals surface area contributed by atoms with Crippen LogP contribution < -0.4 is 21.7 Å². The summed E-state index contributed by atoms with van der Waals surface area (Å²) in [6.45, 7) is 2.45. The van der Waals surface area contributed by atoms with E-state index >= 15 is 0 Å². The van der Waals surface area contributed by atoms with Crippen LogP contribution in [0.5, 0.6) is 5.88 Å². The Labute approximate surface area is 207 Å². The number of thiophene rings is 1. The van der Waals surface area contributed by atoms with Crippen LogP contribution in [-0.2, 0) is 6.54 Å². The molecule has 1 aliphatic carbocycles. The Morgan fingerprint density at radius 2 is 2.17 bits per heavy atom. The van der Waals surface area contributed by atoms with Gasteiger partial charge in [0, 0.05) is 22.7 Å². The first-order valence-corrected chi connectivity index (χ1v) is 12.3. The van der Waals surface area contributed by atoms with Gasteiger partial charge in [0.1, 0.15) is 17.3 Å². The van der Waals surface area contributed by atoms with Gasteiger partial charge >= 0.3 is 5.69 Å². The van der Waals surface area contributed by atoms with Crippen molar-refractivity contribution in [3.8, 4) is 16.3 Å². The standard InChI is InChI=1S/C25H22FN7O2S/c1-13-6-20(36-12-13)18-8-16(26)3-2-14(18)10-27-21-9-22(29-17-4-5-17)33-23(31-21)15(11-28-33)7-19-24(34)32-25(35)30-19/h2-3,6-9,11-12,17,27,34H,4-5,10H2,1H3,(H2,30,32,35). The molecule has 0 saturated heterocycles. The number of hydrogen-bond donors (Lipinski definition) is 4. The molecule has 36 heavy (non-hydrogen) atoms. The summed E-state index contributed by atoms with van der Waals surface area (Å²) in [4.78, 5) is 26.9. The summed E-state index contributed by atoms with van der Waals surface area (Å²) in [7, 11) is 0. The zero-order chi connectivity index (χ0) is 24.8. The van der Waals surface area contributed by atoms with Gasteiger partial charge in [-0.05, 0) is 66.1 Å². The number of imidazole rings is 1. The van der Waals surface area contributed by atoms with Gasteiger partial charge in [0.15, 0.2) is 11.1 Å². The number of nitrogens with one attached hydrogen (secondary N) is 3. The highest BCUT2D eigenvalue weighted by molar-refractivity contribution is 7.13. The van der Waals surface area contributed by atoms with Gasteiger partial charge in [-0.1, -0.05) is 6.07 Å². The lowest BCUT2D eigenvalue weighted by atomic mass is 10.1. The molecule has 11 heteroatoms. The van der Waals surface area contributed by atoms with E-state index in [9.17, 15) is 14.3 Å². The van der Waals surface area contributed by atoms with E-state index in [0.29, 0.717) is 28.7 Å². The van der Waals surface area contributed by atoms with Crippen LogP contribution in [0.4, 0.5) is 10.2 Å². The van der Waals surface area contributed by atoms with Gasteiger partial charge in [-0.15, -0.1) is 11.3 Å². The van der Waals surface area contributed by atoms with Crippen LogP contribution in [0.15, 0.2) is 51.7 Å². The third kappa shape index (κ3) is 4.40. The van der Waals surface area contributed by atoms with Gasteiger partial charge in [-0.3, -0.25) is 9.98 Å². The molecular formula is C25H22FN7O2S. The normalized spacial score (nSPS) is 14.7. The average Bonchev–Trinajstić information content (AvgIpc) is 3.25. The molecule has 4 heterocycles. The summed E-state index contributed by atoms with van der Waals surface area (Å²) in [6.07, 6.45) is 5.28. The lowest BCUT2D eigenvalue weighted by Crippen LogP contribution is -2.20. The molecule has 0 unspecified atom stereocenters. The third-order valence-corrected chi connectivity index (χ3v) is 6.99. The maximum absolute atomic E-state index is 14.1. The van der Waals surface area contributed by atoms with Crippen LogP contribution in [0.2, 0.25) is 0 Å². The Morgan fingerprint density at radius 1 is 1.31 bits per heavy atom. The second-order valence-corrected chi connectivity index (χ2v) is 9.74. The first-order chi connectivity index (χ1) is 17.4. The van der Waals surface area contributed by atoms with Crippen molar-refractivity contribution < 1.29 is 9.50 Å². The SMILES string of the molecule is Cc1csc(-c2cc(F)ccc2CNc2cc(=NC3CC3)n3ncc(=Cc4[nH]c(=O)[nH]c4O)c3n2)c1. The molecule has 4 aromatic heterocycles. The summed E-state index contributed by atoms with van der Waals surface area (Å²) in [6, 6.07) is 8.95. The largest absolute Gasteiger partial charge is 0.493 e. The smallest absolute Gasteiger partial charge is 0.326 e. The summed E-state index contributed by atoms with van der Waals surface area (Å²) in [5.74, 6) is 0.0426. The van der Waals surface area contributed by atoms with Gasteiger partial charge in [0.2, 0.25) is 5.88 Å². The summed E-state index contributed by atoms with van der Waals surface area (Å²) in [5, 5.41) is 20.4. The number of aromatic amines is 2. The van der Waals surface area contributed by atoms with Crippen LogP contribution in [0.25, 0.3) is 22.2 Å². The number of aromatic hydroxyl groups is 1. The summed E-state index contributed by atoms with van der Waals surface area (Å²) in [5.41, 5.74) is 3.82. The van der Waals surface area contributed by atoms with E-state index in [-0.39, 0.29) is 23.4 Å². The van der Waals surface area contributed by atoms with Crippen LogP contribution in [-0.4, -0.2) is 35.7 Å². The minimum atomic E-state index is -0.508. The van der Waals surface area contributed by atoms with Crippen molar-refractivity contribution in [3.63, 3.8) is 0 Å². The van der Waals surface area contributed by atoms with Crippen molar-refractivity contribution in [2.75, 3.05) is 5.32 Å². The minimum Gasteiger partial charge on any atom is -0.493 e. The van der Waals surface area contributed by atoms with Gasteiger partial charge in [0.25, 0.3) is 0 Å². The quantitative estimate of drug-likeness (QED) is 0.284. The van der Waals surface area contributed by atoms with E-state index in [1.54, 1.807) is 40.3 Å². The molecule has 0 atom stereocenters. The van der Waals surface area contributed by atoms with Gasteiger partial charge in [-0.25, -0.2) is 14.2 Å². The molecule has 0 bridgehead atoms. The Hall–Kier alpha value is -4.25. The molecule has 1 fully saturated rings. The number of anilines is 1. The van der Waals surface area contributed by atoms with E-state index in [0.717, 1.165) is 34.4 Å². The predicted molar refractivity (Wildman–Crippen MR) is 135 cm³/mol. The minimum absolute atomic E-state index is 0.234. The van der Waals surface area contributed by atoms with Crippen molar-refractivity contribution in [2.45, 2.75) is 32.4 Å². The Kier molecular flexibility index (Phi) is 5.41. The van der Waals surface area contributed by atoms with Crippen molar-refractivity contribution in [1.82, 2.24) is 24.6 Å². The number of aryl methyl sites for hydroxylation is 1. The number of halogens is 1. The predicted octanol–water partition coefficient (Wildman–Crippen LogP) is 2.85. The first-order valence-electron chi connectivity index (χ1n) is 11.5. The average molecular weight is 504 g/mol. The van der Waals surface area contributed by atoms with Crippen molar-refractivity contribution >= 4 is 28.9 Å². The summed E-state index contributed by atoms with van der Waals surface area (Å²) >= 11 is 1.58. The lowest BCUT2D eigenvalue weighted by Gasteiger charge is -2.11. The Bertz CT molecular complexity index is 1780. The number of benzene rings is 1. The Morgan fingerprint density at radius 3 is 2.89 bits per heavy atom. The Balaban J connectivity index is 1.41. The number of fused-ring (bicyclic) bond motifs is 1. The molecule has 0 spiro atoms. The highest BCUT2D eigenvalue weighted by Crippen LogP contribution is 2.31. The maximum Gasteiger partial charge on any atom is 0.326 e. The molecule has 0 radical (unpaired) electrons. The zero-order valence-corrected chi connectivity index (χ0v) is 20.1. The number of aromatic nitrogens is 5. The molecule has 6 rings (SSSR count). The van der Waals surface area contributed by atoms with Gasteiger partial charge < -0.3 is 15.4 Å². The van der Waals surface area contributed by atoms with Crippen molar-refractivity contribution in [3.05, 3.63) is 85.7 Å². The van der Waals surface area contributed by atoms with Crippen LogP contribution in [0, 0.1) is 12.7 Å². The molecule has 1 aliphatic rings. The van der Waals surface area contributed by atoms with Crippen LogP contribution in [0.1, 0.15) is 29.7 Å².